The van der Waals surface area contributed by atoms with Gasteiger partial charge in [-0.1, -0.05) is 25.7 Å². The van der Waals surface area contributed by atoms with Crippen LogP contribution in [-0.2, 0) is 4.74 Å². The molecule has 1 saturated carbocycles. The van der Waals surface area contributed by atoms with Gasteiger partial charge < -0.3 is 19.5 Å². The first-order chi connectivity index (χ1) is 14.3. The lowest BCUT2D eigenvalue weighted by atomic mass is 10.1. The molecule has 1 saturated heterocycles. The predicted molar refractivity (Wildman–Crippen MR) is 116 cm³/mol. The maximum atomic E-state index is 13.2. The highest BCUT2D eigenvalue weighted by Crippen LogP contribution is 2.18. The van der Waals surface area contributed by atoms with Crippen molar-refractivity contribution in [3.8, 4) is 0 Å². The number of nitrogens with one attached hydrogen (secondary N) is 1. The average molecular weight is 418 g/mol. The van der Waals surface area contributed by atoms with E-state index in [-0.39, 0.29) is 47.2 Å². The molecule has 30 heavy (non-hydrogen) atoms. The Morgan fingerprint density at radius 2 is 1.57 bits per heavy atom. The normalized spacial score (nSPS) is 23.3. The van der Waals surface area contributed by atoms with Crippen molar-refractivity contribution in [2.24, 2.45) is 0 Å². The standard InChI is InChI=1S/C23H35N3O4/c1-15(2)25-13-19(22(28)24-18-9-7-5-6-8-10-18)21(27)20(14-25)23(29)26-11-16(3)30-17(4)12-26/h13-18H,5-12H2,1-4H3,(H,24,28)/t16-,17+. The van der Waals surface area contributed by atoms with E-state index in [1.54, 1.807) is 21.9 Å². The van der Waals surface area contributed by atoms with Gasteiger partial charge in [0.15, 0.2) is 0 Å². The van der Waals surface area contributed by atoms with Crippen LogP contribution in [0.3, 0.4) is 0 Å². The van der Waals surface area contributed by atoms with E-state index < -0.39 is 5.43 Å². The molecule has 0 bridgehead atoms. The molecule has 0 aromatic carbocycles. The highest BCUT2D eigenvalue weighted by Gasteiger charge is 2.30. The highest BCUT2D eigenvalue weighted by molar-refractivity contribution is 5.99. The summed E-state index contributed by atoms with van der Waals surface area (Å²) in [5.74, 6) is -0.708. The summed E-state index contributed by atoms with van der Waals surface area (Å²) in [6.45, 7) is 8.62. The third kappa shape index (κ3) is 5.31. The Labute approximate surface area is 178 Å². The zero-order valence-corrected chi connectivity index (χ0v) is 18.6. The maximum absolute atomic E-state index is 13.2. The van der Waals surface area contributed by atoms with E-state index in [0.717, 1.165) is 25.7 Å². The first-order valence-corrected chi connectivity index (χ1v) is 11.3. The van der Waals surface area contributed by atoms with Gasteiger partial charge in [0.25, 0.3) is 11.8 Å². The molecular weight excluding hydrogens is 382 g/mol. The van der Waals surface area contributed by atoms with Gasteiger partial charge in [-0.05, 0) is 40.5 Å². The van der Waals surface area contributed by atoms with Gasteiger partial charge in [0.1, 0.15) is 11.1 Å². The fraction of sp³-hybridized carbons (Fsp3) is 0.696. The topological polar surface area (TPSA) is 80.6 Å². The number of amides is 2. The third-order valence-electron chi connectivity index (χ3n) is 6.01. The molecule has 2 fully saturated rings. The number of rotatable bonds is 4. The number of carbonyl (C=O) groups is 2. The number of aromatic nitrogens is 1. The van der Waals surface area contributed by atoms with Gasteiger partial charge in [-0.25, -0.2) is 0 Å². The molecule has 1 aliphatic heterocycles. The van der Waals surface area contributed by atoms with Crippen LogP contribution in [0.5, 0.6) is 0 Å². The Bertz CT molecular complexity index is 814. The molecular formula is C23H35N3O4. The second kappa shape index (κ2) is 9.77. The molecule has 0 radical (unpaired) electrons. The van der Waals surface area contributed by atoms with Crippen LogP contribution < -0.4 is 10.7 Å². The summed E-state index contributed by atoms with van der Waals surface area (Å²) < 4.78 is 7.49. The predicted octanol–water partition coefficient (Wildman–Crippen LogP) is 3.13. The molecule has 2 atom stereocenters. The zero-order chi connectivity index (χ0) is 21.8. The van der Waals surface area contributed by atoms with Gasteiger partial charge in [0.05, 0.1) is 12.2 Å². The quantitative estimate of drug-likeness (QED) is 0.763. The van der Waals surface area contributed by atoms with Crippen molar-refractivity contribution in [3.05, 3.63) is 33.7 Å². The van der Waals surface area contributed by atoms with Crippen LogP contribution in [0.4, 0.5) is 0 Å². The van der Waals surface area contributed by atoms with Crippen LogP contribution in [0.15, 0.2) is 17.2 Å². The molecule has 2 aliphatic rings. The first kappa shape index (κ1) is 22.5. The maximum Gasteiger partial charge on any atom is 0.259 e. The SMILES string of the molecule is CC(C)n1cc(C(=O)NC2CCCCCC2)c(=O)c(C(=O)N2C[C@@H](C)O[C@@H](C)C2)c1. The van der Waals surface area contributed by atoms with Crippen LogP contribution in [0.25, 0.3) is 0 Å². The van der Waals surface area contributed by atoms with E-state index in [2.05, 4.69) is 5.32 Å². The molecule has 1 aliphatic carbocycles. The number of morpholine rings is 1. The van der Waals surface area contributed by atoms with Crippen molar-refractivity contribution >= 4 is 11.8 Å². The van der Waals surface area contributed by atoms with E-state index >= 15 is 0 Å². The minimum absolute atomic E-state index is 0.0177. The Balaban J connectivity index is 1.90. The number of hydrogen-bond acceptors (Lipinski definition) is 4. The van der Waals surface area contributed by atoms with E-state index in [4.69, 9.17) is 4.74 Å². The summed E-state index contributed by atoms with van der Waals surface area (Å²) in [4.78, 5) is 41.1. The van der Waals surface area contributed by atoms with E-state index in [1.807, 2.05) is 27.7 Å². The van der Waals surface area contributed by atoms with E-state index in [9.17, 15) is 14.4 Å². The molecule has 166 valence electrons. The van der Waals surface area contributed by atoms with Crippen LogP contribution in [-0.4, -0.2) is 52.6 Å². The van der Waals surface area contributed by atoms with Crippen molar-refractivity contribution in [3.63, 3.8) is 0 Å². The van der Waals surface area contributed by atoms with Crippen LogP contribution in [0.2, 0.25) is 0 Å². The summed E-state index contributed by atoms with van der Waals surface area (Å²) >= 11 is 0. The molecule has 7 heteroatoms. The van der Waals surface area contributed by atoms with Crippen molar-refractivity contribution in [2.75, 3.05) is 13.1 Å². The summed E-state index contributed by atoms with van der Waals surface area (Å²) in [7, 11) is 0. The number of nitrogens with zero attached hydrogens (tertiary/aromatic N) is 2. The van der Waals surface area contributed by atoms with E-state index in [0.29, 0.717) is 13.1 Å². The molecule has 1 aromatic heterocycles. The number of ether oxygens (including phenoxy) is 1. The first-order valence-electron chi connectivity index (χ1n) is 11.3. The fourth-order valence-electron chi connectivity index (χ4n) is 4.41. The summed E-state index contributed by atoms with van der Waals surface area (Å²) in [5, 5.41) is 3.04. The van der Waals surface area contributed by atoms with Crippen molar-refractivity contribution in [1.82, 2.24) is 14.8 Å². The minimum Gasteiger partial charge on any atom is -0.372 e. The molecule has 2 amide bonds. The van der Waals surface area contributed by atoms with E-state index in [1.165, 1.54) is 12.8 Å². The Hall–Kier alpha value is -2.15. The minimum atomic E-state index is -0.491. The van der Waals surface area contributed by atoms with Crippen LogP contribution >= 0.6 is 0 Å². The zero-order valence-electron chi connectivity index (χ0n) is 18.6. The molecule has 0 unspecified atom stereocenters. The molecule has 2 heterocycles. The van der Waals surface area contributed by atoms with Gasteiger partial charge in [-0.3, -0.25) is 14.4 Å². The third-order valence-corrected chi connectivity index (χ3v) is 6.01. The van der Waals surface area contributed by atoms with Gasteiger partial charge >= 0.3 is 0 Å². The number of hydrogen-bond donors (Lipinski definition) is 1. The second-order valence-corrected chi connectivity index (χ2v) is 9.09. The lowest BCUT2D eigenvalue weighted by Gasteiger charge is -2.35. The summed E-state index contributed by atoms with van der Waals surface area (Å²) in [6.07, 6.45) is 9.42. The Morgan fingerprint density at radius 3 is 2.13 bits per heavy atom. The molecule has 7 nitrogen and oxygen atoms in total. The lowest BCUT2D eigenvalue weighted by Crippen LogP contribution is -2.49. The van der Waals surface area contributed by atoms with Gasteiger partial charge in [0.2, 0.25) is 5.43 Å². The largest absolute Gasteiger partial charge is 0.372 e. The average Bonchev–Trinajstić information content (AvgIpc) is 2.95. The smallest absolute Gasteiger partial charge is 0.259 e. The van der Waals surface area contributed by atoms with Gasteiger partial charge in [-0.15, -0.1) is 0 Å². The van der Waals surface area contributed by atoms with Crippen LogP contribution in [0, 0.1) is 0 Å². The molecule has 0 spiro atoms. The van der Waals surface area contributed by atoms with Crippen molar-refractivity contribution in [2.45, 2.75) is 90.5 Å². The van der Waals surface area contributed by atoms with Gasteiger partial charge in [0, 0.05) is 37.6 Å². The second-order valence-electron chi connectivity index (χ2n) is 9.09. The Kier molecular flexibility index (Phi) is 7.34. The lowest BCUT2D eigenvalue weighted by molar-refractivity contribution is -0.0586. The number of pyridine rings is 1. The monoisotopic (exact) mass is 417 g/mol. The van der Waals surface area contributed by atoms with Crippen LogP contribution in [0.1, 0.15) is 93.0 Å². The fourth-order valence-corrected chi connectivity index (χ4v) is 4.41. The summed E-state index contributed by atoms with van der Waals surface area (Å²) in [6, 6.07) is 0.108. The molecule has 1 N–H and O–H groups in total. The number of carbonyl (C=O) groups excluding carboxylic acids is 2. The van der Waals surface area contributed by atoms with Gasteiger partial charge in [-0.2, -0.15) is 0 Å². The highest BCUT2D eigenvalue weighted by atomic mass is 16.5. The molecule has 3 rings (SSSR count). The Morgan fingerprint density at radius 1 is 1.00 bits per heavy atom. The summed E-state index contributed by atoms with van der Waals surface area (Å²) in [5.41, 5.74) is -0.388. The van der Waals surface area contributed by atoms with Crippen molar-refractivity contribution in [1.29, 1.82) is 0 Å². The van der Waals surface area contributed by atoms with Crippen molar-refractivity contribution < 1.29 is 14.3 Å². The molecule has 1 aromatic rings.